The van der Waals surface area contributed by atoms with Gasteiger partial charge in [-0.3, -0.25) is 14.8 Å². The zero-order valence-electron chi connectivity index (χ0n) is 12.0. The third kappa shape index (κ3) is 3.25. The third-order valence-corrected chi connectivity index (χ3v) is 2.64. The van der Waals surface area contributed by atoms with Crippen LogP contribution in [0.3, 0.4) is 0 Å². The molecule has 0 bridgehead atoms. The molecule has 2 aromatic heterocycles. The summed E-state index contributed by atoms with van der Waals surface area (Å²) in [4.78, 5) is 18.3. The molecule has 2 heterocycles. The van der Waals surface area contributed by atoms with E-state index in [4.69, 9.17) is 4.74 Å². The van der Waals surface area contributed by atoms with Crippen molar-refractivity contribution in [2.24, 2.45) is 0 Å². The molecule has 0 aromatic carbocycles. The first-order valence-corrected chi connectivity index (χ1v) is 6.48. The van der Waals surface area contributed by atoms with Gasteiger partial charge in [0.2, 0.25) is 5.82 Å². The molecule has 2 aromatic rings. The number of aromatic nitrogens is 4. The molecule has 0 amide bonds. The van der Waals surface area contributed by atoms with Crippen molar-refractivity contribution < 1.29 is 9.66 Å². The summed E-state index contributed by atoms with van der Waals surface area (Å²) in [5.41, 5.74) is -0.295. The van der Waals surface area contributed by atoms with E-state index in [1.165, 1.54) is 12.5 Å². The fourth-order valence-electron chi connectivity index (χ4n) is 1.67. The average Bonchev–Trinajstić information content (AvgIpc) is 2.87. The molecule has 0 aliphatic heterocycles. The number of anilines is 1. The lowest BCUT2D eigenvalue weighted by molar-refractivity contribution is -0.385. The van der Waals surface area contributed by atoms with Gasteiger partial charge in [0.05, 0.1) is 17.3 Å². The summed E-state index contributed by atoms with van der Waals surface area (Å²) in [6.07, 6.45) is 4.36. The van der Waals surface area contributed by atoms with Crippen molar-refractivity contribution in [1.82, 2.24) is 19.7 Å². The van der Waals surface area contributed by atoms with Gasteiger partial charge in [-0.25, -0.2) is 4.98 Å². The lowest BCUT2D eigenvalue weighted by Crippen LogP contribution is -2.06. The topological polar surface area (TPSA) is 108 Å². The van der Waals surface area contributed by atoms with Gasteiger partial charge in [-0.1, -0.05) is 0 Å². The average molecular weight is 292 g/mol. The number of nitro groups is 1. The molecular formula is C12H16N6O3. The molecule has 1 N–H and O–H groups in total. The summed E-state index contributed by atoms with van der Waals surface area (Å²) in [6, 6.07) is 0.167. The van der Waals surface area contributed by atoms with E-state index in [1.807, 2.05) is 20.8 Å². The maximum absolute atomic E-state index is 11.2. The van der Waals surface area contributed by atoms with Crippen molar-refractivity contribution in [2.75, 3.05) is 11.9 Å². The predicted octanol–water partition coefficient (Wildman–Crippen LogP) is 2.39. The van der Waals surface area contributed by atoms with Crippen LogP contribution in [0, 0.1) is 10.1 Å². The molecular weight excluding hydrogens is 276 g/mol. The number of nitrogens with one attached hydrogen (secondary N) is 1. The van der Waals surface area contributed by atoms with Gasteiger partial charge in [0.25, 0.3) is 0 Å². The fourth-order valence-corrected chi connectivity index (χ4v) is 1.67. The number of hydrogen-bond acceptors (Lipinski definition) is 7. The Labute approximate surface area is 121 Å². The minimum absolute atomic E-state index is 0.116. The van der Waals surface area contributed by atoms with E-state index in [9.17, 15) is 10.1 Å². The van der Waals surface area contributed by atoms with Crippen LogP contribution in [0.2, 0.25) is 0 Å². The summed E-state index contributed by atoms with van der Waals surface area (Å²) in [5, 5.41) is 18.1. The van der Waals surface area contributed by atoms with E-state index in [0.717, 1.165) is 0 Å². The van der Waals surface area contributed by atoms with E-state index >= 15 is 0 Å². The molecule has 0 spiro atoms. The Kier molecular flexibility index (Phi) is 4.31. The van der Waals surface area contributed by atoms with E-state index in [1.54, 1.807) is 10.9 Å². The molecule has 0 atom stereocenters. The molecule has 2 rings (SSSR count). The van der Waals surface area contributed by atoms with Crippen LogP contribution in [0.4, 0.5) is 11.5 Å². The molecule has 9 heteroatoms. The van der Waals surface area contributed by atoms with Gasteiger partial charge in [0.1, 0.15) is 6.33 Å². The van der Waals surface area contributed by atoms with Crippen LogP contribution < -0.4 is 10.1 Å². The molecule has 0 aliphatic rings. The normalized spacial score (nSPS) is 10.7. The van der Waals surface area contributed by atoms with Gasteiger partial charge in [0, 0.05) is 12.6 Å². The van der Waals surface area contributed by atoms with Gasteiger partial charge < -0.3 is 10.1 Å². The highest BCUT2D eigenvalue weighted by molar-refractivity contribution is 5.61. The largest absolute Gasteiger partial charge is 0.430 e. The molecule has 0 aliphatic carbocycles. The summed E-state index contributed by atoms with van der Waals surface area (Å²) in [7, 11) is 0. The second-order valence-electron chi connectivity index (χ2n) is 4.52. The Morgan fingerprint density at radius 2 is 2.24 bits per heavy atom. The molecule has 112 valence electrons. The van der Waals surface area contributed by atoms with Crippen LogP contribution in [0.5, 0.6) is 11.6 Å². The van der Waals surface area contributed by atoms with Crippen molar-refractivity contribution in [3.8, 4) is 11.6 Å². The minimum atomic E-state index is -0.569. The molecule has 0 saturated heterocycles. The summed E-state index contributed by atoms with van der Waals surface area (Å²) < 4.78 is 7.16. The first-order valence-electron chi connectivity index (χ1n) is 6.48. The van der Waals surface area contributed by atoms with Crippen molar-refractivity contribution in [2.45, 2.75) is 26.8 Å². The highest BCUT2D eigenvalue weighted by Gasteiger charge is 2.25. The smallest absolute Gasteiger partial charge is 0.373 e. The second kappa shape index (κ2) is 6.16. The van der Waals surface area contributed by atoms with E-state index in [0.29, 0.717) is 12.3 Å². The lowest BCUT2D eigenvalue weighted by atomic mass is 10.4. The summed E-state index contributed by atoms with van der Waals surface area (Å²) in [6.45, 7) is 6.25. The van der Waals surface area contributed by atoms with Crippen molar-refractivity contribution in [3.05, 3.63) is 28.8 Å². The highest BCUT2D eigenvalue weighted by atomic mass is 16.6. The predicted molar refractivity (Wildman–Crippen MR) is 75.5 cm³/mol. The van der Waals surface area contributed by atoms with Crippen LogP contribution in [-0.4, -0.2) is 31.2 Å². The number of nitrogens with zero attached hydrogens (tertiary/aromatic N) is 5. The Hall–Kier alpha value is -2.71. The zero-order valence-corrected chi connectivity index (χ0v) is 12.0. The van der Waals surface area contributed by atoms with Gasteiger partial charge in [-0.05, 0) is 20.8 Å². The fraction of sp³-hybridized carbons (Fsp3) is 0.417. The van der Waals surface area contributed by atoms with Crippen molar-refractivity contribution >= 4 is 11.5 Å². The zero-order chi connectivity index (χ0) is 15.4. The number of ether oxygens (including phenoxy) is 1. The highest BCUT2D eigenvalue weighted by Crippen LogP contribution is 2.33. The lowest BCUT2D eigenvalue weighted by Gasteiger charge is -2.07. The Morgan fingerprint density at radius 3 is 2.81 bits per heavy atom. The molecule has 9 nitrogen and oxygen atoms in total. The second-order valence-corrected chi connectivity index (χ2v) is 4.52. The van der Waals surface area contributed by atoms with Crippen molar-refractivity contribution in [1.29, 1.82) is 0 Å². The van der Waals surface area contributed by atoms with Crippen LogP contribution in [0.25, 0.3) is 0 Å². The SMILES string of the molecule is CCNc1ncnc(Oc2cnn(C(C)C)c2)c1[N+](=O)[O-]. The van der Waals surface area contributed by atoms with Gasteiger partial charge >= 0.3 is 11.6 Å². The maximum Gasteiger partial charge on any atom is 0.373 e. The third-order valence-electron chi connectivity index (χ3n) is 2.64. The molecule has 0 saturated carbocycles. The summed E-state index contributed by atoms with van der Waals surface area (Å²) in [5.74, 6) is 0.394. The molecule has 0 unspecified atom stereocenters. The first kappa shape index (κ1) is 14.7. The van der Waals surface area contributed by atoms with E-state index < -0.39 is 4.92 Å². The Bertz CT molecular complexity index is 640. The van der Waals surface area contributed by atoms with Gasteiger partial charge in [-0.2, -0.15) is 10.1 Å². The Balaban J connectivity index is 2.34. The monoisotopic (exact) mass is 292 g/mol. The first-order chi connectivity index (χ1) is 10.0. The number of hydrogen-bond donors (Lipinski definition) is 1. The molecule has 0 fully saturated rings. The minimum Gasteiger partial charge on any atom is -0.430 e. The Morgan fingerprint density at radius 1 is 1.48 bits per heavy atom. The van der Waals surface area contributed by atoms with Crippen LogP contribution in [0.15, 0.2) is 18.7 Å². The standard InChI is InChI=1S/C12H16N6O3/c1-4-13-11-10(18(19)20)12(15-7-14-11)21-9-5-16-17(6-9)8(2)3/h5-8H,4H2,1-3H3,(H,13,14,15). The number of rotatable bonds is 6. The quantitative estimate of drug-likeness (QED) is 0.643. The van der Waals surface area contributed by atoms with Gasteiger partial charge in [0.15, 0.2) is 5.75 Å². The molecule has 0 radical (unpaired) electrons. The summed E-state index contributed by atoms with van der Waals surface area (Å²) >= 11 is 0. The van der Waals surface area contributed by atoms with E-state index in [-0.39, 0.29) is 23.4 Å². The van der Waals surface area contributed by atoms with Gasteiger partial charge in [-0.15, -0.1) is 0 Å². The van der Waals surface area contributed by atoms with Crippen molar-refractivity contribution in [3.63, 3.8) is 0 Å². The molecule has 21 heavy (non-hydrogen) atoms. The van der Waals surface area contributed by atoms with Crippen LogP contribution in [0.1, 0.15) is 26.8 Å². The van der Waals surface area contributed by atoms with Crippen LogP contribution in [-0.2, 0) is 0 Å². The van der Waals surface area contributed by atoms with E-state index in [2.05, 4.69) is 20.4 Å². The maximum atomic E-state index is 11.2. The van der Waals surface area contributed by atoms with Crippen LogP contribution >= 0.6 is 0 Å².